The summed E-state index contributed by atoms with van der Waals surface area (Å²) in [5.41, 5.74) is -0.119. The molecule has 1 amide bonds. The molecule has 0 fully saturated rings. The van der Waals surface area contributed by atoms with Gasteiger partial charge in [-0.05, 0) is 36.4 Å². The second-order valence-corrected chi connectivity index (χ2v) is 8.09. The molecule has 0 atom stereocenters. The van der Waals surface area contributed by atoms with Crippen LogP contribution >= 0.6 is 11.3 Å². The van der Waals surface area contributed by atoms with E-state index in [9.17, 15) is 14.4 Å². The summed E-state index contributed by atoms with van der Waals surface area (Å²) < 4.78 is 10.1. The molecule has 0 bridgehead atoms. The van der Waals surface area contributed by atoms with Crippen LogP contribution in [0.4, 0.5) is 0 Å². The molecule has 0 aliphatic heterocycles. The molecule has 144 valence electrons. The molecule has 0 spiro atoms. The Morgan fingerprint density at radius 1 is 1.04 bits per heavy atom. The van der Waals surface area contributed by atoms with Gasteiger partial charge < -0.3 is 14.8 Å². The highest BCUT2D eigenvalue weighted by atomic mass is 32.1. The Hall–Kier alpha value is -2.67. The second-order valence-electron chi connectivity index (χ2n) is 6.93. The van der Waals surface area contributed by atoms with Crippen molar-refractivity contribution >= 4 is 29.0 Å². The van der Waals surface area contributed by atoms with Gasteiger partial charge in [-0.25, -0.2) is 4.79 Å². The van der Waals surface area contributed by atoms with Crippen molar-refractivity contribution < 1.29 is 23.9 Å². The Bertz CT molecular complexity index is 818. The number of methoxy groups -OCH3 is 1. The summed E-state index contributed by atoms with van der Waals surface area (Å²) in [6.45, 7) is 5.54. The Morgan fingerprint density at radius 3 is 2.30 bits per heavy atom. The van der Waals surface area contributed by atoms with Gasteiger partial charge in [0, 0.05) is 10.3 Å². The van der Waals surface area contributed by atoms with E-state index >= 15 is 0 Å². The number of thiophene rings is 1. The van der Waals surface area contributed by atoms with Crippen molar-refractivity contribution in [1.29, 1.82) is 0 Å². The van der Waals surface area contributed by atoms with Crippen LogP contribution in [0.15, 0.2) is 36.4 Å². The maximum Gasteiger partial charge on any atom is 0.338 e. The Kier molecular flexibility index (Phi) is 6.74. The number of ketones is 1. The minimum Gasteiger partial charge on any atom is -0.497 e. The molecule has 0 radical (unpaired) electrons. The zero-order chi connectivity index (χ0) is 20.0. The van der Waals surface area contributed by atoms with E-state index in [1.165, 1.54) is 18.4 Å². The lowest BCUT2D eigenvalue weighted by atomic mass is 9.96. The lowest BCUT2D eigenvalue weighted by molar-refractivity contribution is -0.128. The third-order valence-corrected chi connectivity index (χ3v) is 4.83. The number of rotatable bonds is 7. The van der Waals surface area contributed by atoms with Crippen LogP contribution in [0.5, 0.6) is 5.75 Å². The van der Waals surface area contributed by atoms with Gasteiger partial charge in [-0.15, -0.1) is 11.3 Å². The van der Waals surface area contributed by atoms with Crippen molar-refractivity contribution in [3.63, 3.8) is 0 Å². The molecule has 2 rings (SSSR count). The number of hydrogen-bond acceptors (Lipinski definition) is 6. The maximum atomic E-state index is 12.2. The molecule has 1 heterocycles. The predicted molar refractivity (Wildman–Crippen MR) is 103 cm³/mol. The third-order valence-electron chi connectivity index (χ3n) is 3.70. The summed E-state index contributed by atoms with van der Waals surface area (Å²) >= 11 is 1.27. The molecular formula is C20H23NO5S. The van der Waals surface area contributed by atoms with Crippen LogP contribution in [-0.2, 0) is 16.1 Å². The lowest BCUT2D eigenvalue weighted by Gasteiger charge is -2.17. The van der Waals surface area contributed by atoms with Crippen molar-refractivity contribution in [1.82, 2.24) is 5.32 Å². The average Bonchev–Trinajstić information content (AvgIpc) is 3.12. The van der Waals surface area contributed by atoms with Crippen LogP contribution in [-0.4, -0.2) is 31.4 Å². The van der Waals surface area contributed by atoms with E-state index < -0.39 is 11.4 Å². The van der Waals surface area contributed by atoms with Gasteiger partial charge >= 0.3 is 5.97 Å². The Balaban J connectivity index is 1.86. The van der Waals surface area contributed by atoms with Crippen LogP contribution < -0.4 is 10.1 Å². The first-order valence-electron chi connectivity index (χ1n) is 8.42. The first kappa shape index (κ1) is 20.6. The van der Waals surface area contributed by atoms with Gasteiger partial charge in [0.25, 0.3) is 0 Å². The van der Waals surface area contributed by atoms with E-state index in [0.717, 1.165) is 4.88 Å². The molecule has 0 saturated carbocycles. The number of carbonyl (C=O) groups is 3. The van der Waals surface area contributed by atoms with Gasteiger partial charge in [0.15, 0.2) is 6.61 Å². The van der Waals surface area contributed by atoms with E-state index in [1.807, 2.05) is 20.8 Å². The number of Topliss-reactive ketones (excluding diaryl/α,β-unsaturated/α-hetero) is 1. The highest BCUT2D eigenvalue weighted by Crippen LogP contribution is 2.19. The lowest BCUT2D eigenvalue weighted by Crippen LogP contribution is -2.34. The molecule has 0 aliphatic rings. The van der Waals surface area contributed by atoms with Crippen molar-refractivity contribution in [2.75, 3.05) is 13.7 Å². The maximum absolute atomic E-state index is 12.2. The minimum absolute atomic E-state index is 0.0581. The van der Waals surface area contributed by atoms with Gasteiger partial charge in [-0.1, -0.05) is 20.8 Å². The van der Waals surface area contributed by atoms with Crippen molar-refractivity contribution in [2.24, 2.45) is 5.41 Å². The molecular weight excluding hydrogens is 366 g/mol. The summed E-state index contributed by atoms with van der Waals surface area (Å²) in [5, 5.41) is 2.84. The number of carbonyl (C=O) groups excluding carboxylic acids is 3. The molecule has 0 aliphatic carbocycles. The van der Waals surface area contributed by atoms with E-state index in [1.54, 1.807) is 36.4 Å². The monoisotopic (exact) mass is 389 g/mol. The predicted octanol–water partition coefficient (Wildman–Crippen LogP) is 3.46. The third kappa shape index (κ3) is 5.92. The van der Waals surface area contributed by atoms with E-state index in [0.29, 0.717) is 22.7 Å². The zero-order valence-corrected chi connectivity index (χ0v) is 16.6. The molecule has 0 unspecified atom stereocenters. The zero-order valence-electron chi connectivity index (χ0n) is 15.8. The van der Waals surface area contributed by atoms with Gasteiger partial charge in [0.1, 0.15) is 5.75 Å². The van der Waals surface area contributed by atoms with Crippen LogP contribution in [0.2, 0.25) is 0 Å². The Morgan fingerprint density at radius 2 is 1.70 bits per heavy atom. The number of nitrogens with one attached hydrogen (secondary N) is 1. The van der Waals surface area contributed by atoms with E-state index in [-0.39, 0.29) is 18.3 Å². The normalized spacial score (nSPS) is 11.0. The average molecular weight is 389 g/mol. The fraction of sp³-hybridized carbons (Fsp3) is 0.350. The number of benzene rings is 1. The first-order chi connectivity index (χ1) is 12.7. The summed E-state index contributed by atoms with van der Waals surface area (Å²) in [5.74, 6) is -0.278. The minimum atomic E-state index is -0.569. The van der Waals surface area contributed by atoms with Crippen LogP contribution in [0, 0.1) is 5.41 Å². The Labute approximate surface area is 162 Å². The van der Waals surface area contributed by atoms with Gasteiger partial charge in [0.2, 0.25) is 11.7 Å². The summed E-state index contributed by atoms with van der Waals surface area (Å²) in [7, 11) is 1.54. The van der Waals surface area contributed by atoms with Crippen molar-refractivity contribution in [2.45, 2.75) is 27.3 Å². The standard InChI is InChI=1S/C20H23NO5S/c1-20(2,3)19(24)21-11-15-9-10-17(27-15)16(22)12-26-18(23)13-5-7-14(25-4)8-6-13/h5-10H,11-12H2,1-4H3,(H,21,24). The van der Waals surface area contributed by atoms with Crippen molar-refractivity contribution in [3.8, 4) is 5.75 Å². The van der Waals surface area contributed by atoms with Crippen molar-refractivity contribution in [3.05, 3.63) is 51.7 Å². The summed E-state index contributed by atoms with van der Waals surface area (Å²) in [6, 6.07) is 9.91. The van der Waals surface area contributed by atoms with E-state index in [2.05, 4.69) is 5.32 Å². The van der Waals surface area contributed by atoms with E-state index in [4.69, 9.17) is 9.47 Å². The number of esters is 1. The molecule has 27 heavy (non-hydrogen) atoms. The summed E-state index contributed by atoms with van der Waals surface area (Å²) in [4.78, 5) is 37.4. The molecule has 6 nitrogen and oxygen atoms in total. The largest absolute Gasteiger partial charge is 0.497 e. The highest BCUT2D eigenvalue weighted by Gasteiger charge is 2.21. The molecule has 1 aromatic carbocycles. The fourth-order valence-electron chi connectivity index (χ4n) is 2.07. The van der Waals surface area contributed by atoms with Crippen LogP contribution in [0.3, 0.4) is 0 Å². The molecule has 7 heteroatoms. The van der Waals surface area contributed by atoms with Crippen LogP contribution in [0.1, 0.15) is 45.7 Å². The van der Waals surface area contributed by atoms with Gasteiger partial charge in [0.05, 0.1) is 24.1 Å². The number of hydrogen-bond donors (Lipinski definition) is 1. The smallest absolute Gasteiger partial charge is 0.338 e. The van der Waals surface area contributed by atoms with Gasteiger partial charge in [-0.3, -0.25) is 9.59 Å². The molecule has 0 saturated heterocycles. The van der Waals surface area contributed by atoms with Gasteiger partial charge in [-0.2, -0.15) is 0 Å². The molecule has 1 aromatic heterocycles. The first-order valence-corrected chi connectivity index (χ1v) is 9.24. The van der Waals surface area contributed by atoms with Crippen LogP contribution in [0.25, 0.3) is 0 Å². The second kappa shape index (κ2) is 8.81. The quantitative estimate of drug-likeness (QED) is 0.579. The fourth-order valence-corrected chi connectivity index (χ4v) is 2.94. The SMILES string of the molecule is COc1ccc(C(=O)OCC(=O)c2ccc(CNC(=O)C(C)(C)C)s2)cc1. The number of amides is 1. The summed E-state index contributed by atoms with van der Waals surface area (Å²) in [6.07, 6.45) is 0. The highest BCUT2D eigenvalue weighted by molar-refractivity contribution is 7.14. The number of ether oxygens (including phenoxy) is 2. The molecule has 2 aromatic rings. The molecule has 1 N–H and O–H groups in total. The topological polar surface area (TPSA) is 81.7 Å².